The van der Waals surface area contributed by atoms with E-state index in [1.54, 1.807) is 24.6 Å². The van der Waals surface area contributed by atoms with Crippen LogP contribution in [0.5, 0.6) is 0 Å². The van der Waals surface area contributed by atoms with Crippen LogP contribution in [0.15, 0.2) is 26.7 Å². The molecule has 0 aliphatic carbocycles. The lowest BCUT2D eigenvalue weighted by molar-refractivity contribution is 0.203. The second-order valence-corrected chi connectivity index (χ2v) is 6.95. The highest BCUT2D eigenvalue weighted by atomic mass is 127. The lowest BCUT2D eigenvalue weighted by Crippen LogP contribution is -2.39. The fourth-order valence-corrected chi connectivity index (χ4v) is 3.51. The smallest absolute Gasteiger partial charge is 0.250 e. The molecule has 0 bridgehead atoms. The summed E-state index contributed by atoms with van der Waals surface area (Å²) in [5.74, 6) is 0.643. The molecule has 0 amide bonds. The van der Waals surface area contributed by atoms with Gasteiger partial charge < -0.3 is 15.4 Å². The SMILES string of the molecule is CCNC(=NCCNS(=O)(=O)c1cccs1)NCCOC.I. The van der Waals surface area contributed by atoms with Crippen molar-refractivity contribution >= 4 is 51.3 Å². The first kappa shape index (κ1) is 21.6. The van der Waals surface area contributed by atoms with E-state index in [0.29, 0.717) is 29.9 Å². The third-order valence-electron chi connectivity index (χ3n) is 2.38. The monoisotopic (exact) mass is 462 g/mol. The highest BCUT2D eigenvalue weighted by molar-refractivity contribution is 14.0. The zero-order valence-corrected chi connectivity index (χ0v) is 16.6. The normalized spacial score (nSPS) is 11.8. The van der Waals surface area contributed by atoms with E-state index in [0.717, 1.165) is 6.54 Å². The van der Waals surface area contributed by atoms with Gasteiger partial charge in [-0.3, -0.25) is 4.99 Å². The number of aliphatic imine (C=N–C) groups is 1. The van der Waals surface area contributed by atoms with Gasteiger partial charge in [-0.15, -0.1) is 35.3 Å². The Balaban J connectivity index is 0.00000441. The number of nitrogens with zero attached hydrogens (tertiary/aromatic N) is 1. The van der Waals surface area contributed by atoms with Crippen molar-refractivity contribution in [2.45, 2.75) is 11.1 Å². The van der Waals surface area contributed by atoms with Gasteiger partial charge in [0, 0.05) is 26.7 Å². The van der Waals surface area contributed by atoms with Crippen LogP contribution in [-0.4, -0.2) is 54.3 Å². The highest BCUT2D eigenvalue weighted by Gasteiger charge is 2.13. The quantitative estimate of drug-likeness (QED) is 0.219. The summed E-state index contributed by atoms with van der Waals surface area (Å²) in [6, 6.07) is 3.28. The number of guanidine groups is 1. The van der Waals surface area contributed by atoms with Gasteiger partial charge in [-0.25, -0.2) is 13.1 Å². The van der Waals surface area contributed by atoms with Gasteiger partial charge >= 0.3 is 0 Å². The van der Waals surface area contributed by atoms with Gasteiger partial charge in [0.05, 0.1) is 13.2 Å². The average Bonchev–Trinajstić information content (AvgIpc) is 2.98. The van der Waals surface area contributed by atoms with Crippen molar-refractivity contribution in [1.29, 1.82) is 0 Å². The van der Waals surface area contributed by atoms with E-state index in [-0.39, 0.29) is 30.5 Å². The minimum absolute atomic E-state index is 0. The number of hydrogen-bond acceptors (Lipinski definition) is 5. The van der Waals surface area contributed by atoms with Crippen molar-refractivity contribution in [1.82, 2.24) is 15.4 Å². The molecule has 1 heterocycles. The van der Waals surface area contributed by atoms with E-state index in [1.165, 1.54) is 11.3 Å². The number of sulfonamides is 1. The number of halogens is 1. The number of hydrogen-bond donors (Lipinski definition) is 3. The fourth-order valence-electron chi connectivity index (χ4n) is 1.45. The van der Waals surface area contributed by atoms with Gasteiger partial charge in [-0.1, -0.05) is 6.07 Å². The number of rotatable bonds is 9. The van der Waals surface area contributed by atoms with Crippen molar-refractivity contribution in [2.24, 2.45) is 4.99 Å². The Bertz CT molecular complexity index is 520. The molecule has 0 aliphatic heterocycles. The maximum absolute atomic E-state index is 11.9. The third-order valence-corrected chi connectivity index (χ3v) is 5.24. The summed E-state index contributed by atoms with van der Waals surface area (Å²) < 4.78 is 31.5. The summed E-state index contributed by atoms with van der Waals surface area (Å²) in [7, 11) is -1.78. The number of nitrogens with one attached hydrogen (secondary N) is 3. The van der Waals surface area contributed by atoms with Crippen molar-refractivity contribution in [3.05, 3.63) is 17.5 Å². The molecule has 0 aromatic carbocycles. The molecule has 0 saturated carbocycles. The number of methoxy groups -OCH3 is 1. The highest BCUT2D eigenvalue weighted by Crippen LogP contribution is 2.14. The largest absolute Gasteiger partial charge is 0.383 e. The van der Waals surface area contributed by atoms with Crippen LogP contribution in [0.2, 0.25) is 0 Å². The van der Waals surface area contributed by atoms with Crippen LogP contribution >= 0.6 is 35.3 Å². The Kier molecular flexibility index (Phi) is 11.8. The van der Waals surface area contributed by atoms with Crippen molar-refractivity contribution in [3.63, 3.8) is 0 Å². The average molecular weight is 462 g/mol. The van der Waals surface area contributed by atoms with Gasteiger partial charge in [0.25, 0.3) is 0 Å². The van der Waals surface area contributed by atoms with Gasteiger partial charge in [0.2, 0.25) is 10.0 Å². The van der Waals surface area contributed by atoms with Gasteiger partial charge in [0.1, 0.15) is 4.21 Å². The van der Waals surface area contributed by atoms with Gasteiger partial charge in [0.15, 0.2) is 5.96 Å². The summed E-state index contributed by atoms with van der Waals surface area (Å²) in [5.41, 5.74) is 0. The Morgan fingerprint density at radius 3 is 2.73 bits per heavy atom. The molecule has 10 heteroatoms. The van der Waals surface area contributed by atoms with Crippen LogP contribution in [-0.2, 0) is 14.8 Å². The summed E-state index contributed by atoms with van der Waals surface area (Å²) in [6.45, 7) is 4.53. The summed E-state index contributed by atoms with van der Waals surface area (Å²) in [5, 5.41) is 7.89. The Morgan fingerprint density at radius 2 is 2.14 bits per heavy atom. The van der Waals surface area contributed by atoms with Crippen molar-refractivity contribution in [2.75, 3.05) is 39.9 Å². The number of ether oxygens (including phenoxy) is 1. The van der Waals surface area contributed by atoms with Crippen LogP contribution in [0.4, 0.5) is 0 Å². The molecule has 1 rings (SSSR count). The molecule has 7 nitrogen and oxygen atoms in total. The summed E-state index contributed by atoms with van der Waals surface area (Å²) in [4.78, 5) is 4.28. The molecule has 128 valence electrons. The Labute approximate surface area is 153 Å². The van der Waals surface area contributed by atoms with Crippen molar-refractivity contribution < 1.29 is 13.2 Å². The zero-order chi connectivity index (χ0) is 15.6. The Morgan fingerprint density at radius 1 is 1.36 bits per heavy atom. The molecular formula is C12H23IN4O3S2. The van der Waals surface area contributed by atoms with E-state index in [2.05, 4.69) is 20.3 Å². The standard InChI is InChI=1S/C12H22N4O3S2.HI/c1-3-13-12(15-8-9-19-2)14-6-7-16-21(17,18)11-5-4-10-20-11;/h4-5,10,16H,3,6-9H2,1-2H3,(H2,13,14,15);1H. The molecular weight excluding hydrogens is 439 g/mol. The van der Waals surface area contributed by atoms with Gasteiger partial charge in [-0.2, -0.15) is 0 Å². The molecule has 0 fully saturated rings. The molecule has 1 aromatic rings. The van der Waals surface area contributed by atoms with E-state index in [4.69, 9.17) is 4.74 Å². The first-order valence-corrected chi connectivity index (χ1v) is 9.00. The minimum atomic E-state index is -3.41. The zero-order valence-electron chi connectivity index (χ0n) is 12.7. The minimum Gasteiger partial charge on any atom is -0.383 e. The first-order valence-electron chi connectivity index (χ1n) is 6.64. The van der Waals surface area contributed by atoms with E-state index < -0.39 is 10.0 Å². The summed E-state index contributed by atoms with van der Waals surface area (Å²) >= 11 is 1.19. The van der Waals surface area contributed by atoms with Crippen LogP contribution in [0.1, 0.15) is 6.92 Å². The molecule has 0 unspecified atom stereocenters. The Hall–Kier alpha value is -0.430. The molecule has 0 atom stereocenters. The van der Waals surface area contributed by atoms with Crippen LogP contribution in [0, 0.1) is 0 Å². The van der Waals surface area contributed by atoms with Crippen LogP contribution in [0.3, 0.4) is 0 Å². The predicted octanol–water partition coefficient (Wildman–Crippen LogP) is 0.846. The summed E-state index contributed by atoms with van der Waals surface area (Å²) in [6.07, 6.45) is 0. The number of thiophene rings is 1. The predicted molar refractivity (Wildman–Crippen MR) is 101 cm³/mol. The lowest BCUT2D eigenvalue weighted by atomic mass is 10.6. The van der Waals surface area contributed by atoms with Crippen molar-refractivity contribution in [3.8, 4) is 0 Å². The van der Waals surface area contributed by atoms with E-state index in [9.17, 15) is 8.42 Å². The second kappa shape index (κ2) is 12.0. The molecule has 1 aromatic heterocycles. The maximum Gasteiger partial charge on any atom is 0.250 e. The third kappa shape index (κ3) is 8.27. The molecule has 22 heavy (non-hydrogen) atoms. The van der Waals surface area contributed by atoms with E-state index in [1.807, 2.05) is 6.92 Å². The van der Waals surface area contributed by atoms with Crippen LogP contribution < -0.4 is 15.4 Å². The fraction of sp³-hybridized carbons (Fsp3) is 0.583. The molecule has 0 spiro atoms. The first-order chi connectivity index (χ1) is 10.1. The van der Waals surface area contributed by atoms with Gasteiger partial charge in [-0.05, 0) is 18.4 Å². The second-order valence-electron chi connectivity index (χ2n) is 4.01. The topological polar surface area (TPSA) is 91.8 Å². The molecule has 3 N–H and O–H groups in total. The van der Waals surface area contributed by atoms with E-state index >= 15 is 0 Å². The lowest BCUT2D eigenvalue weighted by Gasteiger charge is -2.10. The molecule has 0 aliphatic rings. The van der Waals surface area contributed by atoms with Crippen LogP contribution in [0.25, 0.3) is 0 Å². The molecule has 0 radical (unpaired) electrons. The molecule has 0 saturated heterocycles. The maximum atomic E-state index is 11.9.